The van der Waals surface area contributed by atoms with Gasteiger partial charge in [-0.2, -0.15) is 0 Å². The number of carbonyl (C=O) groups is 1. The minimum atomic E-state index is -0.296. The molecule has 0 saturated heterocycles. The fourth-order valence-electron chi connectivity index (χ4n) is 2.18. The van der Waals surface area contributed by atoms with Gasteiger partial charge in [-0.1, -0.05) is 23.7 Å². The van der Waals surface area contributed by atoms with E-state index < -0.39 is 0 Å². The lowest BCUT2D eigenvalue weighted by atomic mass is 10.2. The number of nitrogens with one attached hydrogen (secondary N) is 1. The number of amides is 1. The third kappa shape index (κ3) is 4.76. The molecule has 0 radical (unpaired) electrons. The number of ether oxygens (including phenoxy) is 2. The molecule has 0 aliphatic heterocycles. The van der Waals surface area contributed by atoms with Gasteiger partial charge in [0.15, 0.2) is 17.3 Å². The lowest BCUT2D eigenvalue weighted by molar-refractivity contribution is -0.111. The molecule has 6 nitrogen and oxygen atoms in total. The summed E-state index contributed by atoms with van der Waals surface area (Å²) in [6.07, 6.45) is 3.91. The molecule has 0 saturated carbocycles. The molecular formula is C18H21ClN2O4. The van der Waals surface area contributed by atoms with Crippen molar-refractivity contribution in [2.45, 2.75) is 27.2 Å². The summed E-state index contributed by atoms with van der Waals surface area (Å²) in [7, 11) is 1.54. The summed E-state index contributed by atoms with van der Waals surface area (Å²) >= 11 is 6.26. The van der Waals surface area contributed by atoms with Gasteiger partial charge in [0.1, 0.15) is 11.4 Å². The molecule has 0 unspecified atom stereocenters. The molecule has 0 atom stereocenters. The van der Waals surface area contributed by atoms with Crippen LogP contribution in [0.5, 0.6) is 11.5 Å². The number of aromatic nitrogens is 1. The van der Waals surface area contributed by atoms with Crippen molar-refractivity contribution in [3.05, 3.63) is 40.2 Å². The molecule has 0 fully saturated rings. The van der Waals surface area contributed by atoms with Gasteiger partial charge in [0.05, 0.1) is 18.7 Å². The van der Waals surface area contributed by atoms with Crippen molar-refractivity contribution in [1.29, 1.82) is 0 Å². The van der Waals surface area contributed by atoms with E-state index in [2.05, 4.69) is 10.5 Å². The largest absolute Gasteiger partial charge is 0.493 e. The first-order chi connectivity index (χ1) is 12.0. The van der Waals surface area contributed by atoms with Gasteiger partial charge in [-0.3, -0.25) is 4.79 Å². The maximum absolute atomic E-state index is 12.1. The highest BCUT2D eigenvalue weighted by Gasteiger charge is 2.12. The van der Waals surface area contributed by atoms with Crippen LogP contribution in [0.1, 0.15) is 30.4 Å². The normalized spacial score (nSPS) is 10.9. The maximum Gasteiger partial charge on any atom is 0.248 e. The van der Waals surface area contributed by atoms with Gasteiger partial charge >= 0.3 is 0 Å². The molecule has 25 heavy (non-hydrogen) atoms. The van der Waals surface area contributed by atoms with Gasteiger partial charge in [-0.15, -0.1) is 0 Å². The van der Waals surface area contributed by atoms with E-state index in [1.165, 1.54) is 6.08 Å². The van der Waals surface area contributed by atoms with Crippen LogP contribution in [0.4, 0.5) is 5.69 Å². The predicted octanol–water partition coefficient (Wildman–Crippen LogP) is 4.39. The van der Waals surface area contributed by atoms with Crippen LogP contribution in [0.2, 0.25) is 5.02 Å². The minimum Gasteiger partial charge on any atom is -0.493 e. The first kappa shape index (κ1) is 18.9. The van der Waals surface area contributed by atoms with E-state index in [0.717, 1.165) is 12.0 Å². The van der Waals surface area contributed by atoms with Crippen LogP contribution in [0.15, 0.2) is 22.7 Å². The molecule has 134 valence electrons. The number of aryl methyl sites for hydroxylation is 2. The molecule has 1 aromatic carbocycles. The molecule has 0 bridgehead atoms. The van der Waals surface area contributed by atoms with E-state index in [4.69, 9.17) is 25.6 Å². The van der Waals surface area contributed by atoms with Gasteiger partial charge in [-0.05, 0) is 44.0 Å². The summed E-state index contributed by atoms with van der Waals surface area (Å²) in [6.45, 7) is 6.05. The van der Waals surface area contributed by atoms with Gasteiger partial charge in [0, 0.05) is 6.08 Å². The van der Waals surface area contributed by atoms with E-state index in [9.17, 15) is 4.79 Å². The van der Waals surface area contributed by atoms with Crippen LogP contribution in [0, 0.1) is 13.8 Å². The Morgan fingerprint density at radius 2 is 2.16 bits per heavy atom. The number of benzene rings is 1. The monoisotopic (exact) mass is 364 g/mol. The number of methoxy groups -OCH3 is 1. The Hall–Kier alpha value is -2.47. The second-order valence-electron chi connectivity index (χ2n) is 5.40. The van der Waals surface area contributed by atoms with E-state index in [1.54, 1.807) is 39.2 Å². The number of nitrogens with zero attached hydrogens (tertiary/aromatic N) is 1. The average Bonchev–Trinajstić information content (AvgIpc) is 2.90. The first-order valence-corrected chi connectivity index (χ1v) is 8.26. The first-order valence-electron chi connectivity index (χ1n) is 7.88. The zero-order valence-electron chi connectivity index (χ0n) is 14.7. The summed E-state index contributed by atoms with van der Waals surface area (Å²) < 4.78 is 15.9. The predicted molar refractivity (Wildman–Crippen MR) is 97.4 cm³/mol. The number of rotatable bonds is 7. The number of carbonyl (C=O) groups excluding carboxylic acids is 1. The lowest BCUT2D eigenvalue weighted by Gasteiger charge is -2.12. The molecule has 0 aliphatic carbocycles. The van der Waals surface area contributed by atoms with Crippen molar-refractivity contribution in [2.75, 3.05) is 19.0 Å². The smallest absolute Gasteiger partial charge is 0.248 e. The second kappa shape index (κ2) is 8.58. The number of hydrogen-bond acceptors (Lipinski definition) is 5. The van der Waals surface area contributed by atoms with Crippen LogP contribution in [-0.2, 0) is 4.79 Å². The Bertz CT molecular complexity index is 764. The molecule has 0 spiro atoms. The Morgan fingerprint density at radius 3 is 2.76 bits per heavy atom. The van der Waals surface area contributed by atoms with E-state index in [0.29, 0.717) is 40.3 Å². The van der Waals surface area contributed by atoms with Crippen LogP contribution >= 0.6 is 11.6 Å². The van der Waals surface area contributed by atoms with Gasteiger partial charge < -0.3 is 19.3 Å². The highest BCUT2D eigenvalue weighted by Crippen LogP contribution is 2.36. The zero-order chi connectivity index (χ0) is 18.4. The number of hydrogen-bond donors (Lipinski definition) is 1. The second-order valence-corrected chi connectivity index (χ2v) is 5.81. The quantitative estimate of drug-likeness (QED) is 0.737. The Balaban J connectivity index is 2.15. The zero-order valence-corrected chi connectivity index (χ0v) is 15.4. The van der Waals surface area contributed by atoms with Crippen molar-refractivity contribution in [3.8, 4) is 11.5 Å². The molecular weight excluding hydrogens is 344 g/mol. The van der Waals surface area contributed by atoms with Crippen LogP contribution in [0.25, 0.3) is 6.08 Å². The van der Waals surface area contributed by atoms with E-state index in [1.807, 2.05) is 6.92 Å². The summed E-state index contributed by atoms with van der Waals surface area (Å²) in [5.41, 5.74) is 1.93. The highest BCUT2D eigenvalue weighted by atomic mass is 35.5. The third-order valence-electron chi connectivity index (χ3n) is 3.41. The molecule has 7 heteroatoms. The van der Waals surface area contributed by atoms with Crippen molar-refractivity contribution in [1.82, 2.24) is 5.16 Å². The third-order valence-corrected chi connectivity index (χ3v) is 3.69. The molecule has 0 aliphatic rings. The molecule has 1 aromatic heterocycles. The van der Waals surface area contributed by atoms with E-state index in [-0.39, 0.29) is 5.91 Å². The topological polar surface area (TPSA) is 73.6 Å². The van der Waals surface area contributed by atoms with Gasteiger partial charge in [0.25, 0.3) is 0 Å². The Kier molecular flexibility index (Phi) is 6.47. The van der Waals surface area contributed by atoms with Crippen LogP contribution < -0.4 is 14.8 Å². The maximum atomic E-state index is 12.1. The highest BCUT2D eigenvalue weighted by molar-refractivity contribution is 6.32. The molecule has 1 heterocycles. The molecule has 2 rings (SSSR count). The van der Waals surface area contributed by atoms with Gasteiger partial charge in [-0.25, -0.2) is 0 Å². The standard InChI is InChI=1S/C18H21ClN2O4/c1-5-8-24-18-14(19)9-13(10-15(18)23-4)6-7-16(22)20-17-11(2)21-25-12(17)3/h6-7,9-10H,5,8H2,1-4H3,(H,20,22)/b7-6+. The number of halogens is 1. The lowest BCUT2D eigenvalue weighted by Crippen LogP contribution is -2.09. The minimum absolute atomic E-state index is 0.296. The van der Waals surface area contributed by atoms with Crippen molar-refractivity contribution in [3.63, 3.8) is 0 Å². The average molecular weight is 365 g/mol. The summed E-state index contributed by atoms with van der Waals surface area (Å²) in [6, 6.07) is 3.48. The Morgan fingerprint density at radius 1 is 1.40 bits per heavy atom. The van der Waals surface area contributed by atoms with Crippen LogP contribution in [0.3, 0.4) is 0 Å². The van der Waals surface area contributed by atoms with Crippen molar-refractivity contribution >= 4 is 29.3 Å². The summed E-state index contributed by atoms with van der Waals surface area (Å²) in [5.74, 6) is 1.28. The van der Waals surface area contributed by atoms with Gasteiger partial charge in [0.2, 0.25) is 5.91 Å². The molecule has 1 N–H and O–H groups in total. The molecule has 1 amide bonds. The van der Waals surface area contributed by atoms with Crippen LogP contribution in [-0.4, -0.2) is 24.8 Å². The number of anilines is 1. The fraction of sp³-hybridized carbons (Fsp3) is 0.333. The summed E-state index contributed by atoms with van der Waals surface area (Å²) in [5, 5.41) is 6.96. The van der Waals surface area contributed by atoms with E-state index >= 15 is 0 Å². The van der Waals surface area contributed by atoms with Crippen molar-refractivity contribution < 1.29 is 18.8 Å². The Labute approximate surface area is 151 Å². The molecule has 2 aromatic rings. The SMILES string of the molecule is CCCOc1c(Cl)cc(/C=C/C(=O)Nc2c(C)noc2C)cc1OC. The van der Waals surface area contributed by atoms with Crippen molar-refractivity contribution in [2.24, 2.45) is 0 Å². The summed E-state index contributed by atoms with van der Waals surface area (Å²) in [4.78, 5) is 12.1. The fourth-order valence-corrected chi connectivity index (χ4v) is 2.45.